The molecule has 0 saturated heterocycles. The average molecular weight is 179 g/mol. The summed E-state index contributed by atoms with van der Waals surface area (Å²) in [6.07, 6.45) is 1.97. The highest BCUT2D eigenvalue weighted by atomic mass is 32.2. The van der Waals surface area contributed by atoms with Crippen LogP contribution in [0, 0.1) is 0 Å². The Balaban J connectivity index is 3.46. The number of hydrogen-bond donors (Lipinski definition) is 0. The molecule has 0 aliphatic rings. The van der Waals surface area contributed by atoms with Crippen LogP contribution < -0.4 is 0 Å². The van der Waals surface area contributed by atoms with Gasteiger partial charge >= 0.3 is 0 Å². The van der Waals surface area contributed by atoms with Crippen molar-refractivity contribution in [2.24, 2.45) is 14.7 Å². The molecule has 0 heterocycles. The molecule has 0 aliphatic heterocycles. The summed E-state index contributed by atoms with van der Waals surface area (Å²) in [5, 5.41) is 7.54. The van der Waals surface area contributed by atoms with Crippen LogP contribution in [0.2, 0.25) is 0 Å². The van der Waals surface area contributed by atoms with Crippen LogP contribution in [0.5, 0.6) is 0 Å². The summed E-state index contributed by atoms with van der Waals surface area (Å²) in [4.78, 5) is 0. The van der Waals surface area contributed by atoms with Gasteiger partial charge in [-0.3, -0.25) is 0 Å². The predicted molar refractivity (Wildman–Crippen MR) is 45.4 cm³/mol. The zero-order valence-corrected chi connectivity index (χ0v) is 7.95. The third kappa shape index (κ3) is 4.75. The van der Waals surface area contributed by atoms with Gasteiger partial charge in [0.15, 0.2) is 11.9 Å². The van der Waals surface area contributed by atoms with Gasteiger partial charge in [0, 0.05) is 7.05 Å². The van der Waals surface area contributed by atoms with E-state index in [1.165, 1.54) is 11.9 Å². The molecule has 0 rings (SSSR count). The SMILES string of the molecule is CN=NSC[N+](=NC)SC. The van der Waals surface area contributed by atoms with Crippen LogP contribution in [-0.4, -0.2) is 30.3 Å². The van der Waals surface area contributed by atoms with Gasteiger partial charge in [0.25, 0.3) is 0 Å². The van der Waals surface area contributed by atoms with E-state index in [9.17, 15) is 0 Å². The van der Waals surface area contributed by atoms with Gasteiger partial charge in [-0.1, -0.05) is 0 Å². The van der Waals surface area contributed by atoms with Crippen LogP contribution >= 0.6 is 23.9 Å². The van der Waals surface area contributed by atoms with E-state index in [4.69, 9.17) is 0 Å². The van der Waals surface area contributed by atoms with E-state index in [1.54, 1.807) is 26.0 Å². The van der Waals surface area contributed by atoms with Crippen LogP contribution in [0.3, 0.4) is 0 Å². The minimum absolute atomic E-state index is 0.745. The maximum atomic E-state index is 3.95. The van der Waals surface area contributed by atoms with Gasteiger partial charge in [0.2, 0.25) is 5.88 Å². The molecule has 4 nitrogen and oxygen atoms in total. The summed E-state index contributed by atoms with van der Waals surface area (Å²) in [6.45, 7) is 0. The smallest absolute Gasteiger partial charge is 0.185 e. The molecule has 0 aliphatic carbocycles. The predicted octanol–water partition coefficient (Wildman–Crippen LogP) is 2.05. The molecule has 0 aromatic heterocycles. The molecule has 0 bridgehead atoms. The van der Waals surface area contributed by atoms with E-state index < -0.39 is 0 Å². The lowest BCUT2D eigenvalue weighted by atomic mass is 11.4. The van der Waals surface area contributed by atoms with E-state index in [-0.39, 0.29) is 0 Å². The first-order valence-corrected chi connectivity index (χ1v) is 4.80. The van der Waals surface area contributed by atoms with Crippen molar-refractivity contribution in [1.29, 1.82) is 0 Å². The molecule has 0 atom stereocenters. The lowest BCUT2D eigenvalue weighted by Gasteiger charge is -1.86. The quantitative estimate of drug-likeness (QED) is 0.287. The first-order valence-electron chi connectivity index (χ1n) is 2.67. The molecule has 6 heteroatoms. The molecule has 0 spiro atoms. The van der Waals surface area contributed by atoms with Gasteiger partial charge in [-0.15, -0.1) is 4.52 Å². The Bertz CT molecular complexity index is 133. The highest BCUT2D eigenvalue weighted by molar-refractivity contribution is 7.98. The van der Waals surface area contributed by atoms with E-state index in [0.29, 0.717) is 0 Å². The highest BCUT2D eigenvalue weighted by Crippen LogP contribution is 2.07. The number of nitrogens with zero attached hydrogens (tertiary/aromatic N) is 4. The fraction of sp³-hybridized carbons (Fsp3) is 1.00. The third-order valence-electron chi connectivity index (χ3n) is 0.741. The van der Waals surface area contributed by atoms with Crippen molar-refractivity contribution in [3.8, 4) is 0 Å². The van der Waals surface area contributed by atoms with Gasteiger partial charge in [0.05, 0.1) is 25.3 Å². The topological polar surface area (TPSA) is 40.1 Å². The molecule has 0 N–H and O–H groups in total. The van der Waals surface area contributed by atoms with Crippen LogP contribution in [0.4, 0.5) is 0 Å². The molecule has 0 unspecified atom stereocenters. The van der Waals surface area contributed by atoms with Gasteiger partial charge < -0.3 is 0 Å². The molecular formula is C4H11N4S2+. The zero-order valence-electron chi connectivity index (χ0n) is 6.31. The van der Waals surface area contributed by atoms with Crippen molar-refractivity contribution < 1.29 is 4.10 Å². The first-order chi connectivity index (χ1) is 4.85. The zero-order chi connectivity index (χ0) is 7.82. The van der Waals surface area contributed by atoms with Gasteiger partial charge in [-0.25, -0.2) is 0 Å². The molecule has 0 amide bonds. The first kappa shape index (κ1) is 9.90. The number of azo groups is 1. The fourth-order valence-corrected chi connectivity index (χ4v) is 1.43. The third-order valence-corrected chi connectivity index (χ3v) is 2.26. The van der Waals surface area contributed by atoms with Crippen molar-refractivity contribution in [3.05, 3.63) is 0 Å². The summed E-state index contributed by atoms with van der Waals surface area (Å²) >= 11 is 2.94. The summed E-state index contributed by atoms with van der Waals surface area (Å²) in [5.74, 6) is 0.745. The van der Waals surface area contributed by atoms with Crippen molar-refractivity contribution in [3.63, 3.8) is 0 Å². The summed E-state index contributed by atoms with van der Waals surface area (Å²) in [7, 11) is 3.40. The Hall–Kier alpha value is -0.100. The molecule has 58 valence electrons. The molecule has 0 aromatic carbocycles. The van der Waals surface area contributed by atoms with Crippen molar-refractivity contribution in [2.75, 3.05) is 26.2 Å². The minimum Gasteiger partial charge on any atom is -0.185 e. The van der Waals surface area contributed by atoms with Crippen LogP contribution in [0.15, 0.2) is 14.7 Å². The number of rotatable bonds is 4. The average Bonchev–Trinajstić information content (AvgIpc) is 1.99. The van der Waals surface area contributed by atoms with E-state index >= 15 is 0 Å². The Labute approximate surface area is 69.5 Å². The van der Waals surface area contributed by atoms with Crippen LogP contribution in [0.25, 0.3) is 0 Å². The maximum Gasteiger partial charge on any atom is 0.250 e. The second-order valence-corrected chi connectivity index (χ2v) is 2.74. The summed E-state index contributed by atoms with van der Waals surface area (Å²) in [6, 6.07) is 0. The molecule has 0 radical (unpaired) electrons. The molecular weight excluding hydrogens is 168 g/mol. The van der Waals surface area contributed by atoms with Gasteiger partial charge in [-0.05, 0) is 9.22 Å². The lowest BCUT2D eigenvalue weighted by molar-refractivity contribution is -0.400. The maximum absolute atomic E-state index is 3.95. The molecule has 10 heavy (non-hydrogen) atoms. The summed E-state index contributed by atoms with van der Waals surface area (Å²) in [5.41, 5.74) is 0. The highest BCUT2D eigenvalue weighted by Gasteiger charge is 2.01. The second kappa shape index (κ2) is 7.01. The van der Waals surface area contributed by atoms with Crippen molar-refractivity contribution in [1.82, 2.24) is 0 Å². The summed E-state index contributed by atoms with van der Waals surface area (Å²) < 4.78 is 5.57. The second-order valence-electron chi connectivity index (χ2n) is 1.27. The normalized spacial score (nSPS) is 12.9. The lowest BCUT2D eigenvalue weighted by Crippen LogP contribution is -1.95. The van der Waals surface area contributed by atoms with Crippen molar-refractivity contribution in [2.45, 2.75) is 0 Å². The largest absolute Gasteiger partial charge is 0.250 e. The van der Waals surface area contributed by atoms with Crippen molar-refractivity contribution >= 4 is 23.9 Å². The minimum atomic E-state index is 0.745. The van der Waals surface area contributed by atoms with E-state index in [1.807, 2.05) is 10.4 Å². The molecule has 0 fully saturated rings. The monoisotopic (exact) mass is 179 g/mol. The van der Waals surface area contributed by atoms with E-state index in [0.717, 1.165) is 5.88 Å². The molecule has 0 saturated carbocycles. The fourth-order valence-electron chi connectivity index (χ4n) is 0.325. The standard InChI is InChI=1S/C4H11N4S2/c1-5-7-10-4-8(6-2)9-3/h4H2,1-3H3/q+1. The van der Waals surface area contributed by atoms with E-state index in [2.05, 4.69) is 14.7 Å². The Kier molecular flexibility index (Phi) is 6.94. The van der Waals surface area contributed by atoms with Gasteiger partial charge in [0.1, 0.15) is 0 Å². The Morgan fingerprint density at radius 2 is 2.10 bits per heavy atom. The van der Waals surface area contributed by atoms with Crippen LogP contribution in [-0.2, 0) is 0 Å². The van der Waals surface area contributed by atoms with Gasteiger partial charge in [-0.2, -0.15) is 5.11 Å². The Morgan fingerprint density at radius 3 is 2.50 bits per heavy atom. The number of hydrogen-bond acceptors (Lipinski definition) is 5. The molecule has 0 aromatic rings. The Morgan fingerprint density at radius 1 is 1.40 bits per heavy atom. The van der Waals surface area contributed by atoms with Crippen LogP contribution in [0.1, 0.15) is 0 Å².